The fourth-order valence-corrected chi connectivity index (χ4v) is 6.17. The molecule has 1 amide bonds. The molecule has 8 heteroatoms. The highest BCUT2D eigenvalue weighted by atomic mass is 32.2. The number of carbonyl (C=O) groups excluding carboxylic acids is 1. The molecule has 162 valence electrons. The Kier molecular flexibility index (Phi) is 6.98. The Hall–Kier alpha value is -1.48. The first-order chi connectivity index (χ1) is 13.7. The van der Waals surface area contributed by atoms with Crippen molar-refractivity contribution in [2.24, 2.45) is 5.92 Å². The van der Waals surface area contributed by atoms with Gasteiger partial charge in [0.2, 0.25) is 10.0 Å². The minimum absolute atomic E-state index is 0.0198. The third-order valence-corrected chi connectivity index (χ3v) is 8.03. The molecule has 0 aliphatic carbocycles. The van der Waals surface area contributed by atoms with Gasteiger partial charge in [0.15, 0.2) is 6.54 Å². The minimum Gasteiger partial charge on any atom is -0.328 e. The summed E-state index contributed by atoms with van der Waals surface area (Å²) in [6, 6.07) is 6.98. The van der Waals surface area contributed by atoms with E-state index in [1.807, 2.05) is 37.8 Å². The molecule has 2 heterocycles. The van der Waals surface area contributed by atoms with Crippen LogP contribution in [0.4, 0.5) is 0 Å². The fraction of sp³-hybridized carbons (Fsp3) is 0.667. The number of amides is 1. The lowest BCUT2D eigenvalue weighted by Gasteiger charge is -2.45. The van der Waals surface area contributed by atoms with Crippen molar-refractivity contribution >= 4 is 15.9 Å². The predicted molar refractivity (Wildman–Crippen MR) is 112 cm³/mol. The smallest absolute Gasteiger partial charge is 0.279 e. The van der Waals surface area contributed by atoms with Crippen molar-refractivity contribution in [3.63, 3.8) is 0 Å². The molecule has 2 fully saturated rings. The zero-order valence-electron chi connectivity index (χ0n) is 18.1. The second-order valence-corrected chi connectivity index (χ2v) is 10.8. The topological polar surface area (TPSA) is 66.6 Å². The summed E-state index contributed by atoms with van der Waals surface area (Å²) in [6.45, 7) is 11.6. The van der Waals surface area contributed by atoms with Crippen molar-refractivity contribution in [3.8, 4) is 0 Å². The number of likely N-dealkylation sites (N-methyl/N-ethyl adjacent to an activating group) is 1. The largest absolute Gasteiger partial charge is 0.328 e. The predicted octanol–water partition coefficient (Wildman–Crippen LogP) is -1.39. The van der Waals surface area contributed by atoms with E-state index in [1.165, 1.54) is 9.80 Å². The molecule has 29 heavy (non-hydrogen) atoms. The van der Waals surface area contributed by atoms with E-state index in [-0.39, 0.29) is 11.8 Å². The molecule has 0 aromatic heterocycles. The normalized spacial score (nSPS) is 26.7. The van der Waals surface area contributed by atoms with Crippen LogP contribution in [0, 0.1) is 12.8 Å². The van der Waals surface area contributed by atoms with Crippen LogP contribution in [0.5, 0.6) is 0 Å². The zero-order chi connectivity index (χ0) is 21.2. The molecule has 3 rings (SSSR count). The number of piperazine rings is 1. The van der Waals surface area contributed by atoms with Gasteiger partial charge >= 0.3 is 0 Å². The number of rotatable bonds is 5. The van der Waals surface area contributed by atoms with E-state index in [0.717, 1.165) is 31.7 Å². The summed E-state index contributed by atoms with van der Waals surface area (Å²) in [5.41, 5.74) is 1.02. The van der Waals surface area contributed by atoms with Crippen LogP contribution in [-0.4, -0.2) is 82.6 Å². The van der Waals surface area contributed by atoms with Crippen LogP contribution >= 0.6 is 0 Å². The number of hydrogen-bond acceptors (Lipinski definition) is 3. The van der Waals surface area contributed by atoms with Gasteiger partial charge in [-0.25, -0.2) is 8.42 Å². The average Bonchev–Trinajstić information content (AvgIpc) is 2.69. The van der Waals surface area contributed by atoms with Gasteiger partial charge in [0, 0.05) is 13.1 Å². The van der Waals surface area contributed by atoms with Gasteiger partial charge in [-0.05, 0) is 31.4 Å². The van der Waals surface area contributed by atoms with Crippen LogP contribution in [0.2, 0.25) is 0 Å². The standard InChI is InChI=1S/C21H34N4O3S/c1-17(2)21-24(20(26)16-23-14-12-22(4)13-15-23)10-5-11-25(21)29(27,28)19-8-6-18(3)7-9-19/h6-9,17,21H,5,10-16H2,1-4H3/p+2/t21-/m0/s1. The Balaban J connectivity index is 1.80. The van der Waals surface area contributed by atoms with E-state index < -0.39 is 16.2 Å². The second kappa shape index (κ2) is 9.12. The summed E-state index contributed by atoms with van der Waals surface area (Å²) < 4.78 is 28.3. The minimum atomic E-state index is -3.65. The van der Waals surface area contributed by atoms with Crippen molar-refractivity contribution in [1.29, 1.82) is 0 Å². The van der Waals surface area contributed by atoms with Crippen LogP contribution in [0.1, 0.15) is 25.8 Å². The molecule has 1 aromatic rings. The quantitative estimate of drug-likeness (QED) is 0.612. The molecule has 0 spiro atoms. The molecule has 1 atom stereocenters. The zero-order valence-corrected chi connectivity index (χ0v) is 19.0. The van der Waals surface area contributed by atoms with Crippen molar-refractivity contribution in [2.75, 3.05) is 52.9 Å². The van der Waals surface area contributed by atoms with Gasteiger partial charge in [-0.3, -0.25) is 4.79 Å². The molecule has 2 aliphatic rings. The number of benzene rings is 1. The summed E-state index contributed by atoms with van der Waals surface area (Å²) in [7, 11) is -1.46. The molecule has 2 saturated heterocycles. The SMILES string of the molecule is Cc1ccc(S(=O)(=O)N2CCCN(C(=O)C[NH+]3CC[NH+](C)CC3)[C@@H]2C(C)C)cc1. The maximum absolute atomic E-state index is 13.4. The molecule has 1 aromatic carbocycles. The van der Waals surface area contributed by atoms with E-state index in [4.69, 9.17) is 0 Å². The maximum atomic E-state index is 13.4. The van der Waals surface area contributed by atoms with Crippen molar-refractivity contribution in [2.45, 2.75) is 38.3 Å². The first-order valence-electron chi connectivity index (χ1n) is 10.7. The molecular formula is C21H36N4O3S+2. The van der Waals surface area contributed by atoms with Crippen LogP contribution in [0.3, 0.4) is 0 Å². The molecule has 2 N–H and O–H groups in total. The van der Waals surface area contributed by atoms with Crippen LogP contribution < -0.4 is 9.80 Å². The number of carbonyl (C=O) groups is 1. The third kappa shape index (κ3) is 4.99. The first kappa shape index (κ1) is 22.2. The van der Waals surface area contributed by atoms with Gasteiger partial charge in [0.05, 0.1) is 11.9 Å². The van der Waals surface area contributed by atoms with E-state index in [0.29, 0.717) is 31.0 Å². The van der Waals surface area contributed by atoms with Crippen molar-refractivity contribution in [1.82, 2.24) is 9.21 Å². The Morgan fingerprint density at radius 2 is 1.72 bits per heavy atom. The summed E-state index contributed by atoms with van der Waals surface area (Å²) in [4.78, 5) is 18.1. The van der Waals surface area contributed by atoms with Gasteiger partial charge < -0.3 is 14.7 Å². The summed E-state index contributed by atoms with van der Waals surface area (Å²) in [5, 5.41) is 0. The Labute approximate surface area is 175 Å². The third-order valence-electron chi connectivity index (χ3n) is 6.15. The Morgan fingerprint density at radius 3 is 2.31 bits per heavy atom. The first-order valence-corrected chi connectivity index (χ1v) is 12.2. The van der Waals surface area contributed by atoms with E-state index in [1.54, 1.807) is 16.4 Å². The lowest BCUT2D eigenvalue weighted by Crippen LogP contribution is -3.27. The lowest BCUT2D eigenvalue weighted by atomic mass is 10.1. The van der Waals surface area contributed by atoms with E-state index in [9.17, 15) is 13.2 Å². The van der Waals surface area contributed by atoms with E-state index >= 15 is 0 Å². The summed E-state index contributed by atoms with van der Waals surface area (Å²) >= 11 is 0. The number of sulfonamides is 1. The highest BCUT2D eigenvalue weighted by Gasteiger charge is 2.42. The lowest BCUT2D eigenvalue weighted by molar-refractivity contribution is -1.000. The monoisotopic (exact) mass is 424 g/mol. The maximum Gasteiger partial charge on any atom is 0.279 e. The number of nitrogens with zero attached hydrogens (tertiary/aromatic N) is 2. The van der Waals surface area contributed by atoms with E-state index in [2.05, 4.69) is 7.05 Å². The molecule has 0 unspecified atom stereocenters. The Morgan fingerprint density at radius 1 is 1.10 bits per heavy atom. The van der Waals surface area contributed by atoms with Gasteiger partial charge in [0.1, 0.15) is 32.3 Å². The summed E-state index contributed by atoms with van der Waals surface area (Å²) in [6.07, 6.45) is 0.238. The number of quaternary nitrogens is 2. The number of nitrogens with one attached hydrogen (secondary N) is 2. The molecular weight excluding hydrogens is 388 g/mol. The molecule has 0 radical (unpaired) electrons. The van der Waals surface area contributed by atoms with Gasteiger partial charge in [-0.1, -0.05) is 31.5 Å². The second-order valence-electron chi connectivity index (χ2n) is 8.91. The van der Waals surface area contributed by atoms with Crippen molar-refractivity contribution in [3.05, 3.63) is 29.8 Å². The average molecular weight is 425 g/mol. The van der Waals surface area contributed by atoms with Gasteiger partial charge in [0.25, 0.3) is 5.91 Å². The number of hydrogen-bond donors (Lipinski definition) is 2. The Bertz CT molecular complexity index is 802. The van der Waals surface area contributed by atoms with Crippen LogP contribution in [0.15, 0.2) is 29.2 Å². The molecule has 7 nitrogen and oxygen atoms in total. The highest BCUT2D eigenvalue weighted by Crippen LogP contribution is 2.28. The van der Waals surface area contributed by atoms with Gasteiger partial charge in [-0.15, -0.1) is 0 Å². The molecule has 0 saturated carbocycles. The highest BCUT2D eigenvalue weighted by molar-refractivity contribution is 7.89. The fourth-order valence-electron chi connectivity index (χ4n) is 4.41. The van der Waals surface area contributed by atoms with Crippen LogP contribution in [0.25, 0.3) is 0 Å². The molecule has 2 aliphatic heterocycles. The van der Waals surface area contributed by atoms with Crippen LogP contribution in [-0.2, 0) is 14.8 Å². The number of aryl methyl sites for hydroxylation is 1. The van der Waals surface area contributed by atoms with Crippen molar-refractivity contribution < 1.29 is 23.0 Å². The molecule has 0 bridgehead atoms. The van der Waals surface area contributed by atoms with Gasteiger partial charge in [-0.2, -0.15) is 4.31 Å². The summed E-state index contributed by atoms with van der Waals surface area (Å²) in [5.74, 6) is 0.0912.